The van der Waals surface area contributed by atoms with E-state index in [0.717, 1.165) is 18.2 Å². The predicted molar refractivity (Wildman–Crippen MR) is 110 cm³/mol. The number of anilines is 2. The molecule has 0 radical (unpaired) electrons. The number of nitrogens with zero attached hydrogens (tertiary/aromatic N) is 2. The number of nitrogens with one attached hydrogen (secondary N) is 4. The van der Waals surface area contributed by atoms with Gasteiger partial charge in [0.2, 0.25) is 5.95 Å². The van der Waals surface area contributed by atoms with Crippen LogP contribution in [0.3, 0.4) is 0 Å². The van der Waals surface area contributed by atoms with E-state index in [9.17, 15) is 18.4 Å². The van der Waals surface area contributed by atoms with Crippen LogP contribution in [0.4, 0.5) is 24.8 Å². The number of morpholine rings is 1. The number of hydrogen-bond donors (Lipinski definition) is 5. The van der Waals surface area contributed by atoms with E-state index in [4.69, 9.17) is 21.7 Å². The number of rotatable bonds is 5. The van der Waals surface area contributed by atoms with Crippen molar-refractivity contribution in [3.05, 3.63) is 52.3 Å². The first-order valence-corrected chi connectivity index (χ1v) is 9.68. The molecule has 1 aliphatic heterocycles. The predicted octanol–water partition coefficient (Wildman–Crippen LogP) is 3.26. The lowest BCUT2D eigenvalue weighted by atomic mass is 10.1. The molecule has 4 rings (SSSR count). The fourth-order valence-corrected chi connectivity index (χ4v) is 3.38. The topological polar surface area (TPSA) is 109 Å². The van der Waals surface area contributed by atoms with Crippen molar-refractivity contribution in [3.63, 3.8) is 0 Å². The van der Waals surface area contributed by atoms with Gasteiger partial charge in [-0.3, -0.25) is 10.6 Å². The number of hydroxylamine groups is 1. The average Bonchev–Trinajstić information content (AvgIpc) is 3.21. The first-order chi connectivity index (χ1) is 14.8. The number of ether oxygens (including phenoxy) is 1. The summed E-state index contributed by atoms with van der Waals surface area (Å²) in [4.78, 5) is 6.86. The molecule has 1 saturated heterocycles. The molecule has 1 unspecified atom stereocenters. The third-order valence-electron chi connectivity index (χ3n) is 4.79. The number of H-pyrrole nitrogens is 1. The Morgan fingerprint density at radius 3 is 2.84 bits per heavy atom. The van der Waals surface area contributed by atoms with Crippen molar-refractivity contribution in [1.82, 2.24) is 15.3 Å². The van der Waals surface area contributed by atoms with Crippen molar-refractivity contribution >= 4 is 40.1 Å². The largest absolute Gasteiger partial charge is 0.378 e. The Bertz CT molecular complexity index is 1140. The van der Waals surface area contributed by atoms with Crippen molar-refractivity contribution in [3.8, 4) is 0 Å². The summed E-state index contributed by atoms with van der Waals surface area (Å²) < 4.78 is 47.3. The Morgan fingerprint density at radius 2 is 2.13 bits per heavy atom. The maximum Gasteiger partial charge on any atom is 0.201 e. The lowest BCUT2D eigenvalue weighted by molar-refractivity contribution is 0.0806. The Labute approximate surface area is 179 Å². The molecule has 0 saturated carbocycles. The maximum atomic E-state index is 14.3. The van der Waals surface area contributed by atoms with Crippen molar-refractivity contribution < 1.29 is 23.1 Å². The van der Waals surface area contributed by atoms with Gasteiger partial charge in [0, 0.05) is 24.7 Å². The van der Waals surface area contributed by atoms with Gasteiger partial charge in [0.1, 0.15) is 11.3 Å². The van der Waals surface area contributed by atoms with Gasteiger partial charge < -0.3 is 20.4 Å². The van der Waals surface area contributed by atoms with Crippen molar-refractivity contribution in [2.24, 2.45) is 0 Å². The van der Waals surface area contributed by atoms with Crippen molar-refractivity contribution in [1.29, 1.82) is 5.41 Å². The molecule has 0 bridgehead atoms. The second-order valence-corrected chi connectivity index (χ2v) is 7.30. The monoisotopic (exact) mass is 454 g/mol. The molecular weight excluding hydrogens is 437 g/mol. The number of hydrogen-bond acceptors (Lipinski definition) is 6. The number of aromatic amines is 1. The van der Waals surface area contributed by atoms with Gasteiger partial charge in [-0.2, -0.15) is 0 Å². The second-order valence-electron chi connectivity index (χ2n) is 6.89. The van der Waals surface area contributed by atoms with Crippen LogP contribution in [0.15, 0.2) is 24.3 Å². The molecule has 8 nitrogen and oxygen atoms in total. The van der Waals surface area contributed by atoms with Gasteiger partial charge in [0.05, 0.1) is 29.4 Å². The minimum atomic E-state index is -1.24. The van der Waals surface area contributed by atoms with Gasteiger partial charge in [-0.15, -0.1) is 0 Å². The van der Waals surface area contributed by atoms with Gasteiger partial charge in [0.15, 0.2) is 17.5 Å². The van der Waals surface area contributed by atoms with Crippen LogP contribution >= 0.6 is 11.6 Å². The summed E-state index contributed by atoms with van der Waals surface area (Å²) in [6.07, 6.45) is 0. The number of fused-ring (bicyclic) bond motifs is 1. The van der Waals surface area contributed by atoms with Gasteiger partial charge in [-0.1, -0.05) is 11.6 Å². The molecule has 1 aliphatic rings. The van der Waals surface area contributed by atoms with E-state index in [2.05, 4.69) is 20.6 Å². The first kappa shape index (κ1) is 21.4. The summed E-state index contributed by atoms with van der Waals surface area (Å²) in [6, 6.07) is 4.08. The zero-order valence-corrected chi connectivity index (χ0v) is 16.7. The number of halogens is 4. The van der Waals surface area contributed by atoms with Crippen molar-refractivity contribution in [2.75, 3.05) is 36.7 Å². The van der Waals surface area contributed by atoms with E-state index in [1.165, 1.54) is 6.07 Å². The summed E-state index contributed by atoms with van der Waals surface area (Å²) in [7, 11) is 0. The fourth-order valence-electron chi connectivity index (χ4n) is 3.20. The normalized spacial score (nSPS) is 16.5. The molecule has 0 aliphatic carbocycles. The zero-order valence-electron chi connectivity index (χ0n) is 16.0. The summed E-state index contributed by atoms with van der Waals surface area (Å²) in [5.74, 6) is -3.57. The third kappa shape index (κ3) is 4.30. The van der Waals surface area contributed by atoms with Crippen molar-refractivity contribution in [2.45, 2.75) is 6.04 Å². The molecule has 1 atom stereocenters. The number of benzene rings is 2. The number of aromatic nitrogens is 2. The van der Waals surface area contributed by atoms with E-state index in [0.29, 0.717) is 31.4 Å². The van der Waals surface area contributed by atoms with Crippen LogP contribution in [0.5, 0.6) is 0 Å². The second kappa shape index (κ2) is 8.71. The molecule has 5 N–H and O–H groups in total. The van der Waals surface area contributed by atoms with E-state index >= 15 is 0 Å². The summed E-state index contributed by atoms with van der Waals surface area (Å²) >= 11 is 5.72. The van der Waals surface area contributed by atoms with E-state index in [-0.39, 0.29) is 39.3 Å². The lowest BCUT2D eigenvalue weighted by Crippen LogP contribution is -2.45. The molecule has 2 aromatic carbocycles. The van der Waals surface area contributed by atoms with Crippen LogP contribution in [0.2, 0.25) is 5.02 Å². The molecule has 12 heteroatoms. The van der Waals surface area contributed by atoms with Crippen LogP contribution in [0.25, 0.3) is 11.0 Å². The van der Waals surface area contributed by atoms with E-state index in [1.807, 2.05) is 0 Å². The fraction of sp³-hybridized carbons (Fsp3) is 0.263. The molecular formula is C19H18ClF3N6O2. The number of amidine groups is 1. The summed E-state index contributed by atoms with van der Waals surface area (Å²) in [5.41, 5.74) is -0.515. The molecule has 3 aromatic rings. The lowest BCUT2D eigenvalue weighted by Gasteiger charge is -2.23. The maximum absolute atomic E-state index is 14.3. The molecule has 31 heavy (non-hydrogen) atoms. The Kier molecular flexibility index (Phi) is 6.01. The Hall–Kier alpha value is -2.86. The van der Waals surface area contributed by atoms with Crippen LogP contribution in [0.1, 0.15) is 5.56 Å². The Morgan fingerprint density at radius 1 is 1.32 bits per heavy atom. The first-order valence-electron chi connectivity index (χ1n) is 9.31. The SMILES string of the molecule is N=C(c1cc(F)c(F)c2nc(NCC3COCCN3)[nH]c12)N(O)c1ccc(F)c(Cl)c1. The van der Waals surface area contributed by atoms with Gasteiger partial charge >= 0.3 is 0 Å². The molecule has 2 heterocycles. The molecule has 1 aromatic heterocycles. The third-order valence-corrected chi connectivity index (χ3v) is 5.08. The average molecular weight is 455 g/mol. The van der Waals surface area contributed by atoms with Gasteiger partial charge in [-0.25, -0.2) is 23.2 Å². The van der Waals surface area contributed by atoms with Crippen LogP contribution in [-0.4, -0.2) is 53.4 Å². The highest BCUT2D eigenvalue weighted by molar-refractivity contribution is 6.31. The van der Waals surface area contributed by atoms with Crippen LogP contribution in [0, 0.1) is 22.9 Å². The van der Waals surface area contributed by atoms with Crippen LogP contribution in [-0.2, 0) is 4.74 Å². The van der Waals surface area contributed by atoms with E-state index < -0.39 is 23.3 Å². The van der Waals surface area contributed by atoms with Crippen LogP contribution < -0.4 is 15.7 Å². The Balaban J connectivity index is 1.64. The van der Waals surface area contributed by atoms with E-state index in [1.54, 1.807) is 0 Å². The summed E-state index contributed by atoms with van der Waals surface area (Å²) in [6.45, 7) is 2.23. The summed E-state index contributed by atoms with van der Waals surface area (Å²) in [5, 5.41) is 25.0. The van der Waals surface area contributed by atoms with Gasteiger partial charge in [0.25, 0.3) is 0 Å². The minimum Gasteiger partial charge on any atom is -0.378 e. The standard InChI is InChI=1S/C19H18ClF3N6O2/c20-12-5-10(1-2-13(12)21)29(30)18(24)11-6-14(22)15(23)17-16(11)27-19(28-17)26-7-9-8-31-4-3-25-9/h1-2,5-6,9,24-25,30H,3-4,7-8H2,(H2,26,27,28). The highest BCUT2D eigenvalue weighted by Crippen LogP contribution is 2.28. The molecule has 1 fully saturated rings. The smallest absolute Gasteiger partial charge is 0.201 e. The molecule has 0 amide bonds. The molecule has 164 valence electrons. The quantitative estimate of drug-likeness (QED) is 0.230. The minimum absolute atomic E-state index is 0.00603. The molecule has 0 spiro atoms. The zero-order chi connectivity index (χ0) is 22.1. The number of imidazole rings is 1. The van der Waals surface area contributed by atoms with Gasteiger partial charge in [-0.05, 0) is 24.3 Å². The highest BCUT2D eigenvalue weighted by Gasteiger charge is 2.23. The highest BCUT2D eigenvalue weighted by atomic mass is 35.5.